The largest absolute Gasteiger partial charge is 0.494 e. The Kier molecular flexibility index (Phi) is 8.30. The molecule has 7 heteroatoms. The van der Waals surface area contributed by atoms with Gasteiger partial charge in [-0.1, -0.05) is 6.07 Å². The van der Waals surface area contributed by atoms with Gasteiger partial charge in [-0.15, -0.1) is 12.4 Å². The Labute approximate surface area is 142 Å². The molecule has 3 N–H and O–H groups in total. The standard InChI is InChI=1S/C16H23FN2O3.ClH/c1-21-14-3-2-11(10-13(14)17)4-7-19-16(20)15(18)12-5-8-22-9-6-12;/h2-3,10,12,15H,4-9,18H2,1H3,(H,19,20);1H. The number of ether oxygens (including phenoxy) is 2. The van der Waals surface area contributed by atoms with E-state index in [1.165, 1.54) is 13.2 Å². The summed E-state index contributed by atoms with van der Waals surface area (Å²) in [6.07, 6.45) is 2.18. The molecule has 1 fully saturated rings. The maximum Gasteiger partial charge on any atom is 0.237 e. The van der Waals surface area contributed by atoms with Crippen LogP contribution in [-0.4, -0.2) is 38.8 Å². The lowest BCUT2D eigenvalue weighted by atomic mass is 9.92. The summed E-state index contributed by atoms with van der Waals surface area (Å²) in [5, 5.41) is 2.82. The minimum absolute atomic E-state index is 0. The van der Waals surface area contributed by atoms with Gasteiger partial charge in [0.25, 0.3) is 0 Å². The number of hydrogen-bond acceptors (Lipinski definition) is 4. The number of halogens is 2. The summed E-state index contributed by atoms with van der Waals surface area (Å²) in [6.45, 7) is 1.76. The first-order valence-electron chi connectivity index (χ1n) is 7.55. The number of rotatable bonds is 6. The third-order valence-corrected chi connectivity index (χ3v) is 4.01. The van der Waals surface area contributed by atoms with Crippen LogP contribution in [0.1, 0.15) is 18.4 Å². The third-order valence-electron chi connectivity index (χ3n) is 4.01. The molecule has 1 unspecified atom stereocenters. The highest BCUT2D eigenvalue weighted by Crippen LogP contribution is 2.18. The normalized spacial score (nSPS) is 16.3. The summed E-state index contributed by atoms with van der Waals surface area (Å²) < 4.78 is 23.7. The van der Waals surface area contributed by atoms with Gasteiger partial charge in [-0.05, 0) is 42.9 Å². The zero-order chi connectivity index (χ0) is 15.9. The van der Waals surface area contributed by atoms with Gasteiger partial charge in [0.05, 0.1) is 13.2 Å². The van der Waals surface area contributed by atoms with Gasteiger partial charge in [0.2, 0.25) is 5.91 Å². The highest BCUT2D eigenvalue weighted by Gasteiger charge is 2.26. The summed E-state index contributed by atoms with van der Waals surface area (Å²) in [6, 6.07) is 4.28. The van der Waals surface area contributed by atoms with E-state index >= 15 is 0 Å². The van der Waals surface area contributed by atoms with Gasteiger partial charge in [0, 0.05) is 19.8 Å². The molecule has 1 atom stereocenters. The second-order valence-electron chi connectivity index (χ2n) is 5.49. The highest BCUT2D eigenvalue weighted by atomic mass is 35.5. The van der Waals surface area contributed by atoms with Gasteiger partial charge in [-0.3, -0.25) is 4.79 Å². The van der Waals surface area contributed by atoms with Crippen LogP contribution in [0.4, 0.5) is 4.39 Å². The average molecular weight is 347 g/mol. The molecular formula is C16H24ClFN2O3. The zero-order valence-corrected chi connectivity index (χ0v) is 14.0. The van der Waals surface area contributed by atoms with E-state index < -0.39 is 11.9 Å². The smallest absolute Gasteiger partial charge is 0.237 e. The molecule has 1 aliphatic rings. The summed E-state index contributed by atoms with van der Waals surface area (Å²) >= 11 is 0. The maximum atomic E-state index is 13.6. The molecule has 130 valence electrons. The maximum absolute atomic E-state index is 13.6. The molecule has 2 rings (SSSR count). The molecule has 1 aromatic carbocycles. The Morgan fingerprint density at radius 2 is 2.17 bits per heavy atom. The first-order chi connectivity index (χ1) is 10.6. The number of nitrogens with two attached hydrogens (primary N) is 1. The Bertz CT molecular complexity index is 510. The van der Waals surface area contributed by atoms with E-state index in [0.717, 1.165) is 18.4 Å². The van der Waals surface area contributed by atoms with Crippen molar-refractivity contribution in [3.05, 3.63) is 29.6 Å². The number of carbonyl (C=O) groups excluding carboxylic acids is 1. The highest BCUT2D eigenvalue weighted by molar-refractivity contribution is 5.85. The van der Waals surface area contributed by atoms with Gasteiger partial charge in [-0.25, -0.2) is 4.39 Å². The van der Waals surface area contributed by atoms with Gasteiger partial charge in [0.15, 0.2) is 11.6 Å². The van der Waals surface area contributed by atoms with Crippen molar-refractivity contribution in [2.24, 2.45) is 11.7 Å². The lowest BCUT2D eigenvalue weighted by molar-refractivity contribution is -0.124. The van der Waals surface area contributed by atoms with Gasteiger partial charge in [-0.2, -0.15) is 0 Å². The molecule has 0 aliphatic carbocycles. The Morgan fingerprint density at radius 3 is 2.78 bits per heavy atom. The van der Waals surface area contributed by atoms with Crippen LogP contribution in [0.25, 0.3) is 0 Å². The lowest BCUT2D eigenvalue weighted by Crippen LogP contribution is -2.47. The van der Waals surface area contributed by atoms with Crippen molar-refractivity contribution in [1.29, 1.82) is 0 Å². The van der Waals surface area contributed by atoms with Crippen molar-refractivity contribution in [2.75, 3.05) is 26.9 Å². The first kappa shape index (κ1) is 19.7. The van der Waals surface area contributed by atoms with Crippen LogP contribution in [0, 0.1) is 11.7 Å². The van der Waals surface area contributed by atoms with Crippen LogP contribution >= 0.6 is 12.4 Å². The van der Waals surface area contributed by atoms with Crippen LogP contribution in [0.15, 0.2) is 18.2 Å². The van der Waals surface area contributed by atoms with Gasteiger partial charge < -0.3 is 20.5 Å². The molecular weight excluding hydrogens is 323 g/mol. The topological polar surface area (TPSA) is 73.6 Å². The summed E-state index contributed by atoms with van der Waals surface area (Å²) in [5.74, 6) is -0.160. The molecule has 1 saturated heterocycles. The number of hydrogen-bond donors (Lipinski definition) is 2. The van der Waals surface area contributed by atoms with Crippen LogP contribution in [0.3, 0.4) is 0 Å². The molecule has 0 saturated carbocycles. The van der Waals surface area contributed by atoms with E-state index in [1.807, 2.05) is 0 Å². The molecule has 1 aliphatic heterocycles. The van der Waals surface area contributed by atoms with Gasteiger partial charge in [0.1, 0.15) is 0 Å². The molecule has 0 bridgehead atoms. The Morgan fingerprint density at radius 1 is 1.48 bits per heavy atom. The number of benzene rings is 1. The predicted octanol–water partition coefficient (Wildman–Crippen LogP) is 1.67. The van der Waals surface area contributed by atoms with E-state index in [-0.39, 0.29) is 30.0 Å². The second kappa shape index (κ2) is 9.70. The average Bonchev–Trinajstić information content (AvgIpc) is 2.55. The fourth-order valence-electron chi connectivity index (χ4n) is 2.60. The molecule has 23 heavy (non-hydrogen) atoms. The molecule has 5 nitrogen and oxygen atoms in total. The molecule has 0 aromatic heterocycles. The molecule has 0 spiro atoms. The molecule has 1 aromatic rings. The van der Waals surface area contributed by atoms with E-state index in [4.69, 9.17) is 15.2 Å². The summed E-state index contributed by atoms with van der Waals surface area (Å²) in [5.41, 5.74) is 6.79. The number of carbonyl (C=O) groups is 1. The third kappa shape index (κ3) is 5.64. The van der Waals surface area contributed by atoms with Crippen molar-refractivity contribution in [2.45, 2.75) is 25.3 Å². The van der Waals surface area contributed by atoms with Crippen molar-refractivity contribution < 1.29 is 18.7 Å². The van der Waals surface area contributed by atoms with Crippen molar-refractivity contribution in [3.63, 3.8) is 0 Å². The minimum atomic E-state index is -0.503. The van der Waals surface area contributed by atoms with Crippen molar-refractivity contribution >= 4 is 18.3 Å². The fourth-order valence-corrected chi connectivity index (χ4v) is 2.60. The zero-order valence-electron chi connectivity index (χ0n) is 13.2. The van der Waals surface area contributed by atoms with E-state index in [0.29, 0.717) is 26.2 Å². The van der Waals surface area contributed by atoms with E-state index in [9.17, 15) is 9.18 Å². The number of amides is 1. The molecule has 1 heterocycles. The second-order valence-corrected chi connectivity index (χ2v) is 5.49. The summed E-state index contributed by atoms with van der Waals surface area (Å²) in [4.78, 5) is 12.0. The van der Waals surface area contributed by atoms with E-state index in [2.05, 4.69) is 5.32 Å². The van der Waals surface area contributed by atoms with Crippen LogP contribution in [0.5, 0.6) is 5.75 Å². The van der Waals surface area contributed by atoms with Crippen molar-refractivity contribution in [1.82, 2.24) is 5.32 Å². The van der Waals surface area contributed by atoms with Crippen molar-refractivity contribution in [3.8, 4) is 5.75 Å². The molecule has 0 radical (unpaired) electrons. The number of methoxy groups -OCH3 is 1. The van der Waals surface area contributed by atoms with Crippen LogP contribution in [0.2, 0.25) is 0 Å². The van der Waals surface area contributed by atoms with Gasteiger partial charge >= 0.3 is 0 Å². The Balaban J connectivity index is 0.00000264. The van der Waals surface area contributed by atoms with Crippen LogP contribution < -0.4 is 15.8 Å². The van der Waals surface area contributed by atoms with E-state index in [1.54, 1.807) is 12.1 Å². The minimum Gasteiger partial charge on any atom is -0.494 e. The Hall–Kier alpha value is -1.37. The lowest BCUT2D eigenvalue weighted by Gasteiger charge is -2.26. The quantitative estimate of drug-likeness (QED) is 0.821. The molecule has 1 amide bonds. The predicted molar refractivity (Wildman–Crippen MR) is 88.4 cm³/mol. The number of nitrogens with one attached hydrogen (secondary N) is 1. The SMILES string of the molecule is COc1ccc(CCNC(=O)C(N)C2CCOCC2)cc1F.Cl. The monoisotopic (exact) mass is 346 g/mol. The first-order valence-corrected chi connectivity index (χ1v) is 7.55. The fraction of sp³-hybridized carbons (Fsp3) is 0.562. The summed E-state index contributed by atoms with van der Waals surface area (Å²) in [7, 11) is 1.43. The van der Waals surface area contributed by atoms with Crippen LogP contribution in [-0.2, 0) is 16.0 Å².